The Kier molecular flexibility index (Phi) is 8.90. The molecule has 4 N–H and O–H groups in total. The van der Waals surface area contributed by atoms with Crippen LogP contribution in [-0.2, 0) is 47.1 Å². The van der Waals surface area contributed by atoms with E-state index in [1.54, 1.807) is 13.0 Å². The summed E-state index contributed by atoms with van der Waals surface area (Å²) in [5, 5.41) is 23.7. The zero-order valence-corrected chi connectivity index (χ0v) is 15.2. The van der Waals surface area contributed by atoms with E-state index in [0.717, 1.165) is 0 Å². The fourth-order valence-electron chi connectivity index (χ4n) is 1.75. The van der Waals surface area contributed by atoms with E-state index in [9.17, 15) is 19.5 Å². The minimum atomic E-state index is -1.12. The van der Waals surface area contributed by atoms with Crippen LogP contribution in [0.25, 0.3) is 0 Å². The second kappa shape index (κ2) is 9.53. The van der Waals surface area contributed by atoms with Crippen LogP contribution in [0, 0.1) is 13.0 Å². The Morgan fingerprint density at radius 1 is 1.32 bits per heavy atom. The fraction of sp³-hybridized carbons (Fsp3) is 0.357. The number of carbonyl (C=O) groups excluding carboxylic acids is 2. The van der Waals surface area contributed by atoms with Gasteiger partial charge in [0, 0.05) is 18.7 Å². The van der Waals surface area contributed by atoms with E-state index in [2.05, 4.69) is 16.7 Å². The Bertz CT molecular complexity index is 562. The van der Waals surface area contributed by atoms with Gasteiger partial charge in [-0.2, -0.15) is 18.2 Å². The molecule has 0 radical (unpaired) electrons. The molecule has 1 rings (SSSR count). The normalized spacial score (nSPS) is 11.0. The van der Waals surface area contributed by atoms with E-state index in [4.69, 9.17) is 5.11 Å². The number of phenols is 1. The van der Waals surface area contributed by atoms with Crippen molar-refractivity contribution in [3.8, 4) is 5.75 Å². The zero-order valence-electron chi connectivity index (χ0n) is 12.3. The summed E-state index contributed by atoms with van der Waals surface area (Å²) < 4.78 is 0. The molecule has 0 saturated heterocycles. The first-order chi connectivity index (χ1) is 9.81. The number of aryl methyl sites for hydroxylation is 1. The van der Waals surface area contributed by atoms with Crippen molar-refractivity contribution < 1.29 is 57.3 Å². The third-order valence-corrected chi connectivity index (χ3v) is 2.77. The van der Waals surface area contributed by atoms with Crippen molar-refractivity contribution in [2.24, 2.45) is 0 Å². The molecule has 8 heteroatoms. The molecule has 2 amide bonds. The molecule has 0 aliphatic heterocycles. The molecule has 0 bridgehead atoms. The maximum atomic E-state index is 11.7. The van der Waals surface area contributed by atoms with E-state index in [1.807, 2.05) is 0 Å². The molecule has 114 valence electrons. The second-order valence-corrected chi connectivity index (χ2v) is 4.57. The number of nitrogens with one attached hydrogen (secondary N) is 2. The van der Waals surface area contributed by atoms with Crippen LogP contribution in [0.1, 0.15) is 30.5 Å². The Hall–Kier alpha value is -1.47. The quantitative estimate of drug-likeness (QED) is 0.527. The molecule has 0 heterocycles. The van der Waals surface area contributed by atoms with Gasteiger partial charge in [-0.25, -0.2) is 0 Å². The largest absolute Gasteiger partial charge is 3.00 e. The van der Waals surface area contributed by atoms with Crippen LogP contribution in [0.5, 0.6) is 5.75 Å². The number of amides is 2. The van der Waals surface area contributed by atoms with Gasteiger partial charge in [-0.15, -0.1) is 5.56 Å². The Balaban J connectivity index is 0.00000441. The maximum Gasteiger partial charge on any atom is 3.00 e. The number of carboxylic acid groups (broad SMARTS) is 1. The summed E-state index contributed by atoms with van der Waals surface area (Å²) in [4.78, 5) is 33.4. The topological polar surface area (TPSA) is 116 Å². The molecule has 0 fully saturated rings. The van der Waals surface area contributed by atoms with Crippen LogP contribution >= 0.6 is 0 Å². The van der Waals surface area contributed by atoms with Gasteiger partial charge in [0.1, 0.15) is 0 Å². The molecule has 0 aromatic heterocycles. The van der Waals surface area contributed by atoms with Gasteiger partial charge in [-0.1, -0.05) is 12.5 Å². The van der Waals surface area contributed by atoms with Gasteiger partial charge in [-0.3, -0.25) is 14.4 Å². The molecule has 0 spiro atoms. The number of carbonyl (C=O) groups is 3. The van der Waals surface area contributed by atoms with Crippen LogP contribution < -0.4 is 10.6 Å². The number of hydrogen-bond donors (Lipinski definition) is 4. The Labute approximate surface area is 153 Å². The van der Waals surface area contributed by atoms with Crippen LogP contribution in [0.15, 0.2) is 12.1 Å². The Morgan fingerprint density at radius 3 is 2.50 bits per heavy atom. The van der Waals surface area contributed by atoms with E-state index in [1.165, 1.54) is 13.0 Å². The fourth-order valence-corrected chi connectivity index (χ4v) is 1.75. The number of rotatable bonds is 6. The van der Waals surface area contributed by atoms with E-state index in [-0.39, 0.29) is 56.5 Å². The monoisotopic (exact) mass is 382 g/mol. The summed E-state index contributed by atoms with van der Waals surface area (Å²) in [6.45, 7) is 2.65. The van der Waals surface area contributed by atoms with Crippen molar-refractivity contribution in [3.05, 3.63) is 29.3 Å². The number of hydrogen-bond acceptors (Lipinski definition) is 4. The van der Waals surface area contributed by atoms with Gasteiger partial charge in [-0.05, 0) is 0 Å². The number of carboxylic acids is 1. The average Bonchev–Trinajstić information content (AvgIpc) is 2.38. The molecular weight excluding hydrogens is 365 g/mol. The predicted octanol–water partition coefficient (Wildman–Crippen LogP) is 0.266. The standard InChI is InChI=1S/C14H17N2O5.Y/c1-8-4-3-5-10(14(8)21)11(6-13(19)20)16-12(18)7-15-9(2)17;/h4-5,11,21H,6-7H2,1-2H3,(H,15,17)(H,16,18)(H,19,20);/q-1;+3. The van der Waals surface area contributed by atoms with Crippen LogP contribution in [-0.4, -0.2) is 34.5 Å². The van der Waals surface area contributed by atoms with Crippen molar-refractivity contribution in [1.82, 2.24) is 10.6 Å². The smallest absolute Gasteiger partial charge is 0.533 e. The average molecular weight is 382 g/mol. The molecule has 7 nitrogen and oxygen atoms in total. The van der Waals surface area contributed by atoms with Crippen molar-refractivity contribution in [1.29, 1.82) is 0 Å². The van der Waals surface area contributed by atoms with E-state index < -0.39 is 24.3 Å². The SMILES string of the molecule is CC(=O)NCC(=O)NC(CC(=O)O)c1c[c-]cc(C)c1O.[Y+3]. The first-order valence-electron chi connectivity index (χ1n) is 6.26. The van der Waals surface area contributed by atoms with E-state index >= 15 is 0 Å². The predicted molar refractivity (Wildman–Crippen MR) is 73.5 cm³/mol. The van der Waals surface area contributed by atoms with Crippen LogP contribution in [0.2, 0.25) is 0 Å². The van der Waals surface area contributed by atoms with Crippen molar-refractivity contribution in [2.75, 3.05) is 6.54 Å². The molecule has 0 aliphatic carbocycles. The molecule has 22 heavy (non-hydrogen) atoms. The number of aromatic hydroxyl groups is 1. The number of aliphatic carboxylic acids is 1. The van der Waals surface area contributed by atoms with Crippen molar-refractivity contribution in [3.63, 3.8) is 0 Å². The summed E-state index contributed by atoms with van der Waals surface area (Å²) >= 11 is 0. The third-order valence-electron chi connectivity index (χ3n) is 2.77. The van der Waals surface area contributed by atoms with E-state index in [0.29, 0.717) is 5.56 Å². The summed E-state index contributed by atoms with van der Waals surface area (Å²) in [6, 6.07) is 4.85. The van der Waals surface area contributed by atoms with Crippen molar-refractivity contribution in [2.45, 2.75) is 26.3 Å². The van der Waals surface area contributed by atoms with Gasteiger partial charge in [0.25, 0.3) is 0 Å². The van der Waals surface area contributed by atoms with Crippen LogP contribution in [0.4, 0.5) is 0 Å². The van der Waals surface area contributed by atoms with Gasteiger partial charge in [0.15, 0.2) is 0 Å². The number of phenolic OH excluding ortho intramolecular Hbond substituents is 1. The maximum absolute atomic E-state index is 11.7. The summed E-state index contributed by atoms with van der Waals surface area (Å²) in [6.07, 6.45) is -0.392. The molecule has 1 unspecified atom stereocenters. The molecule has 1 aromatic carbocycles. The van der Waals surface area contributed by atoms with Gasteiger partial charge < -0.3 is 20.8 Å². The number of benzene rings is 1. The van der Waals surface area contributed by atoms with Gasteiger partial charge in [0.05, 0.1) is 13.0 Å². The van der Waals surface area contributed by atoms with Gasteiger partial charge >= 0.3 is 38.7 Å². The summed E-state index contributed by atoms with van der Waals surface area (Å²) in [5.74, 6) is -2.12. The van der Waals surface area contributed by atoms with Gasteiger partial charge in [0.2, 0.25) is 11.8 Å². The van der Waals surface area contributed by atoms with Crippen molar-refractivity contribution >= 4 is 17.8 Å². The Morgan fingerprint density at radius 2 is 1.95 bits per heavy atom. The minimum Gasteiger partial charge on any atom is -0.533 e. The molecule has 0 aliphatic rings. The third kappa shape index (κ3) is 6.53. The summed E-state index contributed by atoms with van der Waals surface area (Å²) in [7, 11) is 0. The minimum absolute atomic E-state index is 0. The summed E-state index contributed by atoms with van der Waals surface area (Å²) in [5.41, 5.74) is 0.799. The first kappa shape index (κ1) is 20.5. The van der Waals surface area contributed by atoms with Crippen LogP contribution in [0.3, 0.4) is 0 Å². The molecule has 0 saturated carbocycles. The first-order valence-corrected chi connectivity index (χ1v) is 6.26. The second-order valence-electron chi connectivity index (χ2n) is 4.57. The molecule has 1 atom stereocenters. The zero-order chi connectivity index (χ0) is 16.0. The molecular formula is C14H17N2O5Y+2. The molecule has 1 aromatic rings.